The van der Waals surface area contributed by atoms with E-state index in [1.54, 1.807) is 0 Å². The molecule has 1 aliphatic rings. The second kappa shape index (κ2) is 8.90. The predicted octanol–water partition coefficient (Wildman–Crippen LogP) is 1.92. The van der Waals surface area contributed by atoms with Gasteiger partial charge in [0.1, 0.15) is 0 Å². The van der Waals surface area contributed by atoms with Crippen LogP contribution in [0, 0.1) is 0 Å². The van der Waals surface area contributed by atoms with E-state index in [-0.39, 0.29) is 0 Å². The van der Waals surface area contributed by atoms with Crippen LogP contribution < -0.4 is 5.73 Å². The molecule has 0 aliphatic carbocycles. The first-order valence-corrected chi connectivity index (χ1v) is 7.44. The van der Waals surface area contributed by atoms with E-state index in [9.17, 15) is 0 Å². The van der Waals surface area contributed by atoms with E-state index in [2.05, 4.69) is 23.6 Å². The summed E-state index contributed by atoms with van der Waals surface area (Å²) in [5.74, 6) is 0. The molecule has 0 aromatic rings. The van der Waals surface area contributed by atoms with E-state index in [1.165, 1.54) is 64.8 Å². The van der Waals surface area contributed by atoms with Gasteiger partial charge in [0.25, 0.3) is 0 Å². The minimum absolute atomic E-state index is 0.757. The van der Waals surface area contributed by atoms with Gasteiger partial charge in [-0.15, -0.1) is 0 Å². The summed E-state index contributed by atoms with van der Waals surface area (Å²) in [4.78, 5) is 5.29. The molecule has 0 radical (unpaired) electrons. The highest BCUT2D eigenvalue weighted by molar-refractivity contribution is 4.73. The molecule has 0 aromatic carbocycles. The van der Waals surface area contributed by atoms with Gasteiger partial charge < -0.3 is 10.6 Å². The summed E-state index contributed by atoms with van der Waals surface area (Å²) in [7, 11) is 0. The number of rotatable bonds is 7. The molecule has 1 unspecified atom stereocenters. The molecule has 1 saturated heterocycles. The standard InChI is InChI=1S/C14H31N3/c1-3-14(2)17-11-7-10-16(12-13-17)9-6-4-5-8-15/h14H,3-13,15H2,1-2H3. The molecule has 1 fully saturated rings. The first kappa shape index (κ1) is 14.9. The summed E-state index contributed by atoms with van der Waals surface area (Å²) in [5.41, 5.74) is 5.52. The molecule has 102 valence electrons. The smallest absolute Gasteiger partial charge is 0.0112 e. The van der Waals surface area contributed by atoms with E-state index in [0.29, 0.717) is 0 Å². The molecule has 1 rings (SSSR count). The van der Waals surface area contributed by atoms with Crippen molar-refractivity contribution in [2.75, 3.05) is 39.3 Å². The van der Waals surface area contributed by atoms with Gasteiger partial charge in [0, 0.05) is 19.1 Å². The van der Waals surface area contributed by atoms with Crippen molar-refractivity contribution in [2.45, 2.75) is 52.0 Å². The van der Waals surface area contributed by atoms with Gasteiger partial charge in [0.2, 0.25) is 0 Å². The fraction of sp³-hybridized carbons (Fsp3) is 1.00. The Bertz CT molecular complexity index is 184. The lowest BCUT2D eigenvalue weighted by molar-refractivity contribution is 0.204. The lowest BCUT2D eigenvalue weighted by Crippen LogP contribution is -2.36. The molecule has 0 bridgehead atoms. The van der Waals surface area contributed by atoms with Crippen molar-refractivity contribution in [2.24, 2.45) is 5.73 Å². The largest absolute Gasteiger partial charge is 0.330 e. The number of unbranched alkanes of at least 4 members (excludes halogenated alkanes) is 2. The first-order chi connectivity index (χ1) is 8.27. The fourth-order valence-corrected chi connectivity index (χ4v) is 2.57. The van der Waals surface area contributed by atoms with E-state index in [4.69, 9.17) is 5.73 Å². The van der Waals surface area contributed by atoms with Crippen LogP contribution in [-0.2, 0) is 0 Å². The molecule has 1 aliphatic heterocycles. The van der Waals surface area contributed by atoms with Crippen LogP contribution in [0.25, 0.3) is 0 Å². The Hall–Kier alpha value is -0.120. The Morgan fingerprint density at radius 1 is 1.06 bits per heavy atom. The van der Waals surface area contributed by atoms with Crippen molar-refractivity contribution in [3.8, 4) is 0 Å². The van der Waals surface area contributed by atoms with Gasteiger partial charge in [-0.05, 0) is 58.8 Å². The second-order valence-corrected chi connectivity index (χ2v) is 5.34. The minimum Gasteiger partial charge on any atom is -0.330 e. The monoisotopic (exact) mass is 241 g/mol. The Labute approximate surface area is 107 Å². The maximum Gasteiger partial charge on any atom is 0.0112 e. The average molecular weight is 241 g/mol. The fourth-order valence-electron chi connectivity index (χ4n) is 2.57. The highest BCUT2D eigenvalue weighted by Gasteiger charge is 2.17. The zero-order chi connectivity index (χ0) is 12.5. The lowest BCUT2D eigenvalue weighted by atomic mass is 10.2. The number of hydrogen-bond acceptors (Lipinski definition) is 3. The Balaban J connectivity index is 2.18. The van der Waals surface area contributed by atoms with Crippen LogP contribution in [0.2, 0.25) is 0 Å². The Morgan fingerprint density at radius 2 is 1.88 bits per heavy atom. The van der Waals surface area contributed by atoms with Gasteiger partial charge in [0.15, 0.2) is 0 Å². The molecular formula is C14H31N3. The van der Waals surface area contributed by atoms with Gasteiger partial charge in [-0.2, -0.15) is 0 Å². The van der Waals surface area contributed by atoms with Crippen molar-refractivity contribution < 1.29 is 0 Å². The summed E-state index contributed by atoms with van der Waals surface area (Å²) >= 11 is 0. The van der Waals surface area contributed by atoms with Crippen molar-refractivity contribution in [1.82, 2.24) is 9.80 Å². The van der Waals surface area contributed by atoms with Crippen molar-refractivity contribution in [1.29, 1.82) is 0 Å². The lowest BCUT2D eigenvalue weighted by Gasteiger charge is -2.26. The Morgan fingerprint density at radius 3 is 2.59 bits per heavy atom. The maximum absolute atomic E-state index is 5.52. The van der Waals surface area contributed by atoms with Crippen molar-refractivity contribution >= 4 is 0 Å². The summed E-state index contributed by atoms with van der Waals surface area (Å²) in [6.45, 7) is 11.9. The summed E-state index contributed by atoms with van der Waals surface area (Å²) in [6, 6.07) is 0.757. The van der Waals surface area contributed by atoms with E-state index in [1.807, 2.05) is 0 Å². The molecule has 0 saturated carbocycles. The van der Waals surface area contributed by atoms with Crippen LogP contribution >= 0.6 is 0 Å². The van der Waals surface area contributed by atoms with Crippen LogP contribution in [0.15, 0.2) is 0 Å². The molecule has 3 heteroatoms. The molecule has 0 aromatic heterocycles. The van der Waals surface area contributed by atoms with Crippen LogP contribution in [0.4, 0.5) is 0 Å². The number of nitrogens with zero attached hydrogens (tertiary/aromatic N) is 2. The first-order valence-electron chi connectivity index (χ1n) is 7.44. The van der Waals surface area contributed by atoms with Gasteiger partial charge >= 0.3 is 0 Å². The topological polar surface area (TPSA) is 32.5 Å². The third-order valence-electron chi connectivity index (χ3n) is 4.02. The molecular weight excluding hydrogens is 210 g/mol. The van der Waals surface area contributed by atoms with Crippen LogP contribution in [-0.4, -0.2) is 55.1 Å². The number of nitrogens with two attached hydrogens (primary N) is 1. The van der Waals surface area contributed by atoms with E-state index in [0.717, 1.165) is 12.6 Å². The zero-order valence-electron chi connectivity index (χ0n) is 11.8. The van der Waals surface area contributed by atoms with E-state index >= 15 is 0 Å². The van der Waals surface area contributed by atoms with Gasteiger partial charge in [-0.25, -0.2) is 0 Å². The number of hydrogen-bond donors (Lipinski definition) is 1. The summed E-state index contributed by atoms with van der Waals surface area (Å²) in [5, 5.41) is 0. The predicted molar refractivity (Wildman–Crippen MR) is 75.3 cm³/mol. The van der Waals surface area contributed by atoms with Crippen LogP contribution in [0.3, 0.4) is 0 Å². The van der Waals surface area contributed by atoms with E-state index < -0.39 is 0 Å². The molecule has 0 amide bonds. The van der Waals surface area contributed by atoms with Gasteiger partial charge in [-0.3, -0.25) is 4.90 Å². The zero-order valence-corrected chi connectivity index (χ0v) is 11.8. The van der Waals surface area contributed by atoms with Crippen LogP contribution in [0.1, 0.15) is 46.0 Å². The third kappa shape index (κ3) is 5.84. The minimum atomic E-state index is 0.757. The Kier molecular flexibility index (Phi) is 7.82. The van der Waals surface area contributed by atoms with Crippen LogP contribution in [0.5, 0.6) is 0 Å². The molecule has 17 heavy (non-hydrogen) atoms. The normalized spacial score (nSPS) is 21.4. The summed E-state index contributed by atoms with van der Waals surface area (Å²) in [6.07, 6.45) is 6.41. The molecule has 1 heterocycles. The third-order valence-corrected chi connectivity index (χ3v) is 4.02. The maximum atomic E-state index is 5.52. The summed E-state index contributed by atoms with van der Waals surface area (Å²) < 4.78 is 0. The molecule has 3 nitrogen and oxygen atoms in total. The highest BCUT2D eigenvalue weighted by atomic mass is 15.2. The quantitative estimate of drug-likeness (QED) is 0.691. The average Bonchev–Trinajstić information content (AvgIpc) is 2.59. The van der Waals surface area contributed by atoms with Gasteiger partial charge in [-0.1, -0.05) is 13.3 Å². The van der Waals surface area contributed by atoms with Crippen molar-refractivity contribution in [3.05, 3.63) is 0 Å². The molecule has 0 spiro atoms. The molecule has 1 atom stereocenters. The second-order valence-electron chi connectivity index (χ2n) is 5.34. The molecule has 2 N–H and O–H groups in total. The highest BCUT2D eigenvalue weighted by Crippen LogP contribution is 2.10. The van der Waals surface area contributed by atoms with Crippen molar-refractivity contribution in [3.63, 3.8) is 0 Å². The van der Waals surface area contributed by atoms with Gasteiger partial charge in [0.05, 0.1) is 0 Å². The SMILES string of the molecule is CCC(C)N1CCCN(CCCCCN)CC1.